The first-order chi connectivity index (χ1) is 9.52. The molecule has 0 saturated heterocycles. The predicted octanol–water partition coefficient (Wildman–Crippen LogP) is 2.87. The van der Waals surface area contributed by atoms with Crippen LogP contribution in [0, 0.1) is 11.7 Å². The molecule has 1 aliphatic carbocycles. The van der Waals surface area contributed by atoms with Crippen LogP contribution < -0.4 is 10.1 Å². The molecule has 20 heavy (non-hydrogen) atoms. The largest absolute Gasteiger partial charge is 0.497 e. The molecule has 112 valence electrons. The summed E-state index contributed by atoms with van der Waals surface area (Å²) in [6.45, 7) is 3.17. The van der Waals surface area contributed by atoms with Gasteiger partial charge in [0.15, 0.2) is 0 Å². The van der Waals surface area contributed by atoms with Crippen molar-refractivity contribution < 1.29 is 14.2 Å². The van der Waals surface area contributed by atoms with E-state index in [4.69, 9.17) is 4.74 Å². The van der Waals surface area contributed by atoms with Gasteiger partial charge in [0.25, 0.3) is 0 Å². The molecule has 0 aliphatic heterocycles. The van der Waals surface area contributed by atoms with Crippen molar-refractivity contribution in [3.63, 3.8) is 0 Å². The molecule has 4 heteroatoms. The minimum Gasteiger partial charge on any atom is -0.497 e. The van der Waals surface area contributed by atoms with Crippen molar-refractivity contribution in [1.29, 1.82) is 0 Å². The Morgan fingerprint density at radius 1 is 1.40 bits per heavy atom. The number of rotatable bonds is 5. The van der Waals surface area contributed by atoms with Crippen LogP contribution >= 0.6 is 0 Å². The first kappa shape index (κ1) is 15.3. The number of methoxy groups -OCH3 is 1. The predicted molar refractivity (Wildman–Crippen MR) is 77.2 cm³/mol. The number of ether oxygens (including phenoxy) is 1. The Balaban J connectivity index is 1.83. The van der Waals surface area contributed by atoms with Crippen molar-refractivity contribution in [1.82, 2.24) is 5.32 Å². The third-order valence-corrected chi connectivity index (χ3v) is 4.23. The monoisotopic (exact) mass is 281 g/mol. The second kappa shape index (κ2) is 6.55. The van der Waals surface area contributed by atoms with Gasteiger partial charge in [0.2, 0.25) is 0 Å². The van der Waals surface area contributed by atoms with Crippen molar-refractivity contribution in [2.45, 2.75) is 44.8 Å². The number of benzene rings is 1. The molecule has 0 bridgehead atoms. The van der Waals surface area contributed by atoms with Crippen molar-refractivity contribution >= 4 is 0 Å². The summed E-state index contributed by atoms with van der Waals surface area (Å²) in [5, 5.41) is 13.6. The second-order valence-corrected chi connectivity index (χ2v) is 5.97. The summed E-state index contributed by atoms with van der Waals surface area (Å²) in [5.41, 5.74) is -0.0336. The molecule has 0 aromatic heterocycles. The van der Waals surface area contributed by atoms with Crippen molar-refractivity contribution in [2.75, 3.05) is 13.7 Å². The van der Waals surface area contributed by atoms with Gasteiger partial charge in [-0.05, 0) is 37.7 Å². The number of aliphatic hydroxyl groups is 1. The Morgan fingerprint density at radius 3 is 2.70 bits per heavy atom. The van der Waals surface area contributed by atoms with E-state index in [0.29, 0.717) is 30.3 Å². The second-order valence-electron chi connectivity index (χ2n) is 5.97. The normalized spacial score (nSPS) is 26.5. The summed E-state index contributed by atoms with van der Waals surface area (Å²) < 4.78 is 18.7. The van der Waals surface area contributed by atoms with Gasteiger partial charge in [-0.1, -0.05) is 13.0 Å². The van der Waals surface area contributed by atoms with E-state index in [-0.39, 0.29) is 5.82 Å². The van der Waals surface area contributed by atoms with Gasteiger partial charge in [-0.15, -0.1) is 0 Å². The number of hydrogen-bond donors (Lipinski definition) is 2. The summed E-state index contributed by atoms with van der Waals surface area (Å²) in [7, 11) is 1.52. The fraction of sp³-hybridized carbons (Fsp3) is 0.625. The van der Waals surface area contributed by atoms with E-state index in [1.54, 1.807) is 12.1 Å². The third kappa shape index (κ3) is 3.93. The summed E-state index contributed by atoms with van der Waals surface area (Å²) in [5.74, 6) is 0.946. The lowest BCUT2D eigenvalue weighted by atomic mass is 9.79. The zero-order chi connectivity index (χ0) is 14.6. The zero-order valence-corrected chi connectivity index (χ0v) is 12.3. The van der Waals surface area contributed by atoms with Gasteiger partial charge in [-0.2, -0.15) is 0 Å². The van der Waals surface area contributed by atoms with Crippen LogP contribution in [0.2, 0.25) is 0 Å². The van der Waals surface area contributed by atoms with E-state index >= 15 is 0 Å². The summed E-state index contributed by atoms with van der Waals surface area (Å²) in [4.78, 5) is 0. The topological polar surface area (TPSA) is 41.5 Å². The van der Waals surface area contributed by atoms with Crippen LogP contribution in [0.1, 0.15) is 38.2 Å². The molecule has 3 nitrogen and oxygen atoms in total. The maximum absolute atomic E-state index is 13.8. The van der Waals surface area contributed by atoms with Crippen LogP contribution in [0.5, 0.6) is 5.75 Å². The molecule has 1 aliphatic rings. The van der Waals surface area contributed by atoms with Crippen LogP contribution in [-0.2, 0) is 6.54 Å². The molecular weight excluding hydrogens is 257 g/mol. The highest BCUT2D eigenvalue weighted by molar-refractivity contribution is 5.28. The molecule has 0 unspecified atom stereocenters. The van der Waals surface area contributed by atoms with Crippen molar-refractivity contribution in [2.24, 2.45) is 5.92 Å². The minimum atomic E-state index is -0.630. The SMILES string of the molecule is COc1ccc(CNCC2(O)CCC(C)CC2)c(F)c1. The lowest BCUT2D eigenvalue weighted by Gasteiger charge is -2.35. The van der Waals surface area contributed by atoms with Crippen LogP contribution in [-0.4, -0.2) is 24.4 Å². The molecule has 0 amide bonds. The smallest absolute Gasteiger partial charge is 0.131 e. The Labute approximate surface area is 120 Å². The van der Waals surface area contributed by atoms with Gasteiger partial charge >= 0.3 is 0 Å². The standard InChI is InChI=1S/C16H24FNO2/c1-12-5-7-16(19,8-6-12)11-18-10-13-3-4-14(20-2)9-15(13)17/h3-4,9,12,18-19H,5-8,10-11H2,1-2H3. The van der Waals surface area contributed by atoms with E-state index in [9.17, 15) is 9.50 Å². The summed E-state index contributed by atoms with van der Waals surface area (Å²) >= 11 is 0. The average molecular weight is 281 g/mol. The van der Waals surface area contributed by atoms with Gasteiger partial charge in [0, 0.05) is 24.7 Å². The van der Waals surface area contributed by atoms with E-state index in [0.717, 1.165) is 25.7 Å². The number of hydrogen-bond acceptors (Lipinski definition) is 3. The molecule has 0 radical (unpaired) electrons. The zero-order valence-electron chi connectivity index (χ0n) is 12.3. The molecule has 0 heterocycles. The van der Waals surface area contributed by atoms with Gasteiger partial charge in [-0.25, -0.2) is 4.39 Å². The first-order valence-corrected chi connectivity index (χ1v) is 7.28. The Kier molecular flexibility index (Phi) is 5.00. The minimum absolute atomic E-state index is 0.277. The van der Waals surface area contributed by atoms with Crippen molar-refractivity contribution in [3.8, 4) is 5.75 Å². The number of nitrogens with one attached hydrogen (secondary N) is 1. The van der Waals surface area contributed by atoms with Crippen LogP contribution in [0.15, 0.2) is 18.2 Å². The van der Waals surface area contributed by atoms with Gasteiger partial charge in [-0.3, -0.25) is 0 Å². The first-order valence-electron chi connectivity index (χ1n) is 7.28. The summed E-state index contributed by atoms with van der Waals surface area (Å²) in [6, 6.07) is 4.85. The highest BCUT2D eigenvalue weighted by Crippen LogP contribution is 2.31. The molecule has 1 aromatic rings. The lowest BCUT2D eigenvalue weighted by Crippen LogP contribution is -2.43. The number of halogens is 1. The quantitative estimate of drug-likeness (QED) is 0.872. The summed E-state index contributed by atoms with van der Waals surface area (Å²) in [6.07, 6.45) is 3.78. The van der Waals surface area contributed by atoms with Gasteiger partial charge in [0.05, 0.1) is 12.7 Å². The molecular formula is C16H24FNO2. The molecule has 0 atom stereocenters. The van der Waals surface area contributed by atoms with E-state index in [2.05, 4.69) is 12.2 Å². The molecule has 2 rings (SSSR count). The molecule has 0 spiro atoms. The Hall–Kier alpha value is -1.13. The Bertz CT molecular complexity index is 442. The van der Waals surface area contributed by atoms with Crippen LogP contribution in [0.4, 0.5) is 4.39 Å². The van der Waals surface area contributed by atoms with E-state index in [1.807, 2.05) is 0 Å². The highest BCUT2D eigenvalue weighted by atomic mass is 19.1. The maximum atomic E-state index is 13.8. The molecule has 1 fully saturated rings. The Morgan fingerprint density at radius 2 is 2.10 bits per heavy atom. The van der Waals surface area contributed by atoms with Crippen molar-refractivity contribution in [3.05, 3.63) is 29.6 Å². The van der Waals surface area contributed by atoms with E-state index < -0.39 is 5.60 Å². The highest BCUT2D eigenvalue weighted by Gasteiger charge is 2.31. The van der Waals surface area contributed by atoms with E-state index in [1.165, 1.54) is 13.2 Å². The molecule has 2 N–H and O–H groups in total. The van der Waals surface area contributed by atoms with Gasteiger partial charge < -0.3 is 15.2 Å². The third-order valence-electron chi connectivity index (χ3n) is 4.23. The van der Waals surface area contributed by atoms with Crippen LogP contribution in [0.25, 0.3) is 0 Å². The van der Waals surface area contributed by atoms with Crippen LogP contribution in [0.3, 0.4) is 0 Å². The fourth-order valence-electron chi connectivity index (χ4n) is 2.70. The average Bonchev–Trinajstić information content (AvgIpc) is 2.44. The lowest BCUT2D eigenvalue weighted by molar-refractivity contribution is -0.00635. The fourth-order valence-corrected chi connectivity index (χ4v) is 2.70. The van der Waals surface area contributed by atoms with Gasteiger partial charge in [0.1, 0.15) is 11.6 Å². The maximum Gasteiger partial charge on any atom is 0.131 e. The molecule has 1 aromatic carbocycles. The molecule has 1 saturated carbocycles.